The van der Waals surface area contributed by atoms with E-state index in [0.717, 1.165) is 10.4 Å². The minimum atomic E-state index is -4.30. The zero-order chi connectivity index (χ0) is 14.8. The third-order valence-corrected chi connectivity index (χ3v) is 4.08. The molecule has 20 heavy (non-hydrogen) atoms. The maximum absolute atomic E-state index is 12.1. The predicted octanol–water partition coefficient (Wildman–Crippen LogP) is 4.64. The number of carbonyl (C=O) groups is 1. The molecule has 0 unspecified atom stereocenters. The number of nitrogens with zero attached hydrogens (tertiary/aromatic N) is 1. The van der Waals surface area contributed by atoms with Gasteiger partial charge in [-0.15, -0.1) is 11.3 Å². The SMILES string of the molecule is Cc1cc(-c2cccnc2)sc1C(=O)CCC(F)(F)F. The highest BCUT2D eigenvalue weighted by atomic mass is 32.1. The van der Waals surface area contributed by atoms with E-state index < -0.39 is 24.8 Å². The number of carbonyl (C=O) groups excluding carboxylic acids is 1. The van der Waals surface area contributed by atoms with E-state index in [1.165, 1.54) is 11.3 Å². The van der Waals surface area contributed by atoms with Crippen LogP contribution in [0.25, 0.3) is 10.4 Å². The van der Waals surface area contributed by atoms with Gasteiger partial charge in [0.25, 0.3) is 0 Å². The highest BCUT2D eigenvalue weighted by molar-refractivity contribution is 7.17. The summed E-state index contributed by atoms with van der Waals surface area (Å²) in [5, 5.41) is 0. The average Bonchev–Trinajstić information content (AvgIpc) is 2.78. The van der Waals surface area contributed by atoms with Crippen LogP contribution in [0.3, 0.4) is 0 Å². The summed E-state index contributed by atoms with van der Waals surface area (Å²) in [5.74, 6) is -0.458. The summed E-state index contributed by atoms with van der Waals surface area (Å²) in [6.07, 6.45) is -2.58. The molecule has 0 saturated carbocycles. The second kappa shape index (κ2) is 5.75. The fourth-order valence-electron chi connectivity index (χ4n) is 1.78. The summed E-state index contributed by atoms with van der Waals surface area (Å²) in [6, 6.07) is 5.43. The lowest BCUT2D eigenvalue weighted by atomic mass is 10.1. The molecule has 0 saturated heterocycles. The van der Waals surface area contributed by atoms with Crippen molar-refractivity contribution in [3.63, 3.8) is 0 Å². The van der Waals surface area contributed by atoms with Gasteiger partial charge in [-0.1, -0.05) is 6.07 Å². The Morgan fingerprint density at radius 2 is 2.15 bits per heavy atom. The highest BCUT2D eigenvalue weighted by Gasteiger charge is 2.28. The van der Waals surface area contributed by atoms with E-state index in [1.807, 2.05) is 12.1 Å². The van der Waals surface area contributed by atoms with Gasteiger partial charge < -0.3 is 0 Å². The minimum absolute atomic E-state index is 0.396. The van der Waals surface area contributed by atoms with Crippen molar-refractivity contribution < 1.29 is 18.0 Å². The summed E-state index contributed by atoms with van der Waals surface area (Å²) < 4.78 is 36.4. The molecule has 106 valence electrons. The second-order valence-electron chi connectivity index (χ2n) is 4.40. The molecule has 0 aliphatic carbocycles. The van der Waals surface area contributed by atoms with Crippen molar-refractivity contribution in [1.29, 1.82) is 0 Å². The van der Waals surface area contributed by atoms with Crippen molar-refractivity contribution in [2.75, 3.05) is 0 Å². The van der Waals surface area contributed by atoms with Crippen LogP contribution < -0.4 is 0 Å². The van der Waals surface area contributed by atoms with E-state index >= 15 is 0 Å². The molecule has 0 atom stereocenters. The summed E-state index contributed by atoms with van der Waals surface area (Å²) >= 11 is 1.21. The lowest BCUT2D eigenvalue weighted by Crippen LogP contribution is -2.10. The fourth-order valence-corrected chi connectivity index (χ4v) is 2.91. The summed E-state index contributed by atoms with van der Waals surface area (Å²) in [4.78, 5) is 17.1. The van der Waals surface area contributed by atoms with Crippen molar-refractivity contribution in [2.24, 2.45) is 0 Å². The molecule has 0 fully saturated rings. The van der Waals surface area contributed by atoms with E-state index in [4.69, 9.17) is 0 Å². The first-order valence-electron chi connectivity index (χ1n) is 5.97. The number of Topliss-reactive ketones (excluding diaryl/α,β-unsaturated/α-hetero) is 1. The smallest absolute Gasteiger partial charge is 0.293 e. The van der Waals surface area contributed by atoms with Gasteiger partial charge in [-0.2, -0.15) is 13.2 Å². The monoisotopic (exact) mass is 299 g/mol. The Balaban J connectivity index is 2.18. The maximum atomic E-state index is 12.1. The molecular weight excluding hydrogens is 287 g/mol. The van der Waals surface area contributed by atoms with Crippen LogP contribution in [0.5, 0.6) is 0 Å². The van der Waals surface area contributed by atoms with Crippen LogP contribution in [0.15, 0.2) is 30.6 Å². The molecule has 0 N–H and O–H groups in total. The maximum Gasteiger partial charge on any atom is 0.389 e. The topological polar surface area (TPSA) is 30.0 Å². The standard InChI is InChI=1S/C14H12F3NOS/c1-9-7-12(10-3-2-6-18-8-10)20-13(9)11(19)4-5-14(15,16)17/h2-3,6-8H,4-5H2,1H3. The van der Waals surface area contributed by atoms with Gasteiger partial charge >= 0.3 is 6.18 Å². The van der Waals surface area contributed by atoms with Gasteiger partial charge in [0.05, 0.1) is 11.3 Å². The zero-order valence-corrected chi connectivity index (χ0v) is 11.5. The summed E-state index contributed by atoms with van der Waals surface area (Å²) in [5.41, 5.74) is 1.57. The molecular formula is C14H12F3NOS. The number of thiophene rings is 1. The number of ketones is 1. The molecule has 0 aromatic carbocycles. The number of aromatic nitrogens is 1. The number of hydrogen-bond acceptors (Lipinski definition) is 3. The molecule has 0 radical (unpaired) electrons. The molecule has 2 aromatic heterocycles. The molecule has 2 heterocycles. The molecule has 2 nitrogen and oxygen atoms in total. The average molecular weight is 299 g/mol. The van der Waals surface area contributed by atoms with Crippen molar-refractivity contribution in [3.8, 4) is 10.4 Å². The molecule has 6 heteroatoms. The van der Waals surface area contributed by atoms with Gasteiger partial charge in [0.15, 0.2) is 5.78 Å². The van der Waals surface area contributed by atoms with E-state index in [-0.39, 0.29) is 0 Å². The third kappa shape index (κ3) is 3.66. The molecule has 2 aromatic rings. The first-order valence-corrected chi connectivity index (χ1v) is 6.79. The van der Waals surface area contributed by atoms with Crippen LogP contribution in [0.2, 0.25) is 0 Å². The van der Waals surface area contributed by atoms with Crippen LogP contribution in [0.1, 0.15) is 28.1 Å². The third-order valence-electron chi connectivity index (χ3n) is 2.75. The molecule has 2 rings (SSSR count). The summed E-state index contributed by atoms with van der Waals surface area (Å²) in [6.45, 7) is 1.73. The van der Waals surface area contributed by atoms with E-state index in [9.17, 15) is 18.0 Å². The van der Waals surface area contributed by atoms with Gasteiger partial charge in [-0.3, -0.25) is 9.78 Å². The van der Waals surface area contributed by atoms with Gasteiger partial charge in [0, 0.05) is 29.3 Å². The number of rotatable bonds is 4. The van der Waals surface area contributed by atoms with Crippen molar-refractivity contribution in [2.45, 2.75) is 25.9 Å². The van der Waals surface area contributed by atoms with Crippen molar-refractivity contribution in [1.82, 2.24) is 4.98 Å². The highest BCUT2D eigenvalue weighted by Crippen LogP contribution is 2.32. The van der Waals surface area contributed by atoms with E-state index in [1.54, 1.807) is 25.4 Å². The molecule has 0 bridgehead atoms. The minimum Gasteiger partial charge on any atom is -0.293 e. The Morgan fingerprint density at radius 1 is 1.40 bits per heavy atom. The van der Waals surface area contributed by atoms with Gasteiger partial charge in [-0.25, -0.2) is 0 Å². The lowest BCUT2D eigenvalue weighted by molar-refractivity contribution is -0.133. The first kappa shape index (κ1) is 14.7. The Labute approximate surface area is 118 Å². The van der Waals surface area contributed by atoms with Crippen molar-refractivity contribution in [3.05, 3.63) is 41.0 Å². The Kier molecular flexibility index (Phi) is 4.23. The Bertz CT molecular complexity index is 605. The second-order valence-corrected chi connectivity index (χ2v) is 5.46. The van der Waals surface area contributed by atoms with Crippen LogP contribution in [0.4, 0.5) is 13.2 Å². The Morgan fingerprint density at radius 3 is 2.75 bits per heavy atom. The molecule has 0 aliphatic rings. The lowest BCUT2D eigenvalue weighted by Gasteiger charge is -2.04. The van der Waals surface area contributed by atoms with Crippen LogP contribution in [0, 0.1) is 6.92 Å². The van der Waals surface area contributed by atoms with Gasteiger partial charge in [0.2, 0.25) is 0 Å². The van der Waals surface area contributed by atoms with Crippen LogP contribution in [-0.2, 0) is 0 Å². The number of halogens is 3. The fraction of sp³-hybridized carbons (Fsp3) is 0.286. The number of alkyl halides is 3. The molecule has 0 spiro atoms. The van der Waals surface area contributed by atoms with Crippen LogP contribution >= 0.6 is 11.3 Å². The number of hydrogen-bond donors (Lipinski definition) is 0. The zero-order valence-electron chi connectivity index (χ0n) is 10.7. The largest absolute Gasteiger partial charge is 0.389 e. The number of aryl methyl sites for hydroxylation is 1. The molecule has 0 aliphatic heterocycles. The summed E-state index contributed by atoms with van der Waals surface area (Å²) in [7, 11) is 0. The normalized spacial score (nSPS) is 11.6. The van der Waals surface area contributed by atoms with Gasteiger partial charge in [0.1, 0.15) is 0 Å². The number of pyridine rings is 1. The van der Waals surface area contributed by atoms with Crippen molar-refractivity contribution >= 4 is 17.1 Å². The van der Waals surface area contributed by atoms with Crippen LogP contribution in [-0.4, -0.2) is 16.9 Å². The molecule has 0 amide bonds. The first-order chi connectivity index (χ1) is 9.37. The predicted molar refractivity (Wildman–Crippen MR) is 71.9 cm³/mol. The van der Waals surface area contributed by atoms with E-state index in [2.05, 4.69) is 4.98 Å². The van der Waals surface area contributed by atoms with E-state index in [0.29, 0.717) is 10.4 Å². The quantitative estimate of drug-likeness (QED) is 0.770. The Hall–Kier alpha value is -1.69. The van der Waals surface area contributed by atoms with Gasteiger partial charge in [-0.05, 0) is 24.6 Å².